The van der Waals surface area contributed by atoms with E-state index in [9.17, 15) is 18.7 Å². The Morgan fingerprint density at radius 1 is 1.20 bits per heavy atom. The number of aliphatic hydroxyl groups is 1. The van der Waals surface area contributed by atoms with Crippen LogP contribution in [0.5, 0.6) is 0 Å². The number of halogens is 4. The van der Waals surface area contributed by atoms with E-state index in [0.29, 0.717) is 0 Å². The van der Waals surface area contributed by atoms with Gasteiger partial charge in [0.2, 0.25) is 0 Å². The van der Waals surface area contributed by atoms with Crippen LogP contribution in [0.15, 0.2) is 36.4 Å². The Labute approximate surface area is 153 Å². The van der Waals surface area contributed by atoms with Gasteiger partial charge in [-0.3, -0.25) is 5.32 Å². The average Bonchev–Trinajstić information content (AvgIpc) is 2.57. The van der Waals surface area contributed by atoms with E-state index >= 15 is 0 Å². The van der Waals surface area contributed by atoms with Crippen LogP contribution in [0.3, 0.4) is 0 Å². The van der Waals surface area contributed by atoms with Crippen LogP contribution in [0.4, 0.5) is 19.3 Å². The van der Waals surface area contributed by atoms with Crippen molar-refractivity contribution in [2.24, 2.45) is 5.92 Å². The molecule has 2 aromatic rings. The van der Waals surface area contributed by atoms with Gasteiger partial charge in [0.1, 0.15) is 11.6 Å². The van der Waals surface area contributed by atoms with Crippen LogP contribution in [0.2, 0.25) is 10.0 Å². The lowest BCUT2D eigenvalue weighted by Crippen LogP contribution is -2.23. The first-order valence-electron chi connectivity index (χ1n) is 7.33. The van der Waals surface area contributed by atoms with Crippen LogP contribution in [-0.2, 0) is 11.2 Å². The lowest BCUT2D eigenvalue weighted by molar-refractivity contribution is 0.113. The van der Waals surface area contributed by atoms with Crippen molar-refractivity contribution in [2.75, 3.05) is 18.5 Å². The standard InChI is InChI=1S/C17H15Cl2F2NO3/c18-13-2-1-3-14(19)16(13)22-17(24)25-9-10(8-23)6-11-4-5-12(20)7-15(11)21/h1-5,7,10,23H,6,8-9H2,(H,22,24). The van der Waals surface area contributed by atoms with Crippen molar-refractivity contribution < 1.29 is 23.4 Å². The molecule has 0 bridgehead atoms. The second-order valence-corrected chi connectivity index (χ2v) is 6.12. The quantitative estimate of drug-likeness (QED) is 0.754. The molecule has 8 heteroatoms. The van der Waals surface area contributed by atoms with E-state index in [1.807, 2.05) is 0 Å². The second kappa shape index (κ2) is 8.99. The van der Waals surface area contributed by atoms with Crippen LogP contribution in [-0.4, -0.2) is 24.4 Å². The molecule has 0 saturated carbocycles. The number of carbonyl (C=O) groups excluding carboxylic acids is 1. The molecule has 1 unspecified atom stereocenters. The summed E-state index contributed by atoms with van der Waals surface area (Å²) in [4.78, 5) is 11.8. The number of rotatable bonds is 6. The highest BCUT2D eigenvalue weighted by Crippen LogP contribution is 2.29. The van der Waals surface area contributed by atoms with Crippen molar-refractivity contribution in [3.05, 3.63) is 63.6 Å². The van der Waals surface area contributed by atoms with Gasteiger partial charge in [0.25, 0.3) is 0 Å². The fraction of sp³-hybridized carbons (Fsp3) is 0.235. The molecule has 4 nitrogen and oxygen atoms in total. The van der Waals surface area contributed by atoms with Gasteiger partial charge in [0, 0.05) is 18.6 Å². The Morgan fingerprint density at radius 3 is 2.48 bits per heavy atom. The predicted molar refractivity (Wildman–Crippen MR) is 92.1 cm³/mol. The third-order valence-corrected chi connectivity index (χ3v) is 4.05. The molecule has 1 amide bonds. The van der Waals surface area contributed by atoms with Gasteiger partial charge in [-0.15, -0.1) is 0 Å². The number of benzene rings is 2. The molecular weight excluding hydrogens is 375 g/mol. The lowest BCUT2D eigenvalue weighted by Gasteiger charge is -2.16. The summed E-state index contributed by atoms with van der Waals surface area (Å²) in [5.74, 6) is -1.95. The molecule has 1 atom stereocenters. The molecule has 0 radical (unpaired) electrons. The van der Waals surface area contributed by atoms with Crippen LogP contribution in [0, 0.1) is 17.6 Å². The van der Waals surface area contributed by atoms with E-state index in [1.54, 1.807) is 18.2 Å². The predicted octanol–water partition coefficient (Wildman–Crippen LogP) is 4.67. The summed E-state index contributed by atoms with van der Waals surface area (Å²) >= 11 is 11.9. The minimum Gasteiger partial charge on any atom is -0.449 e. The van der Waals surface area contributed by atoms with Gasteiger partial charge >= 0.3 is 6.09 Å². The summed E-state index contributed by atoms with van der Waals surface area (Å²) in [6, 6.07) is 7.90. The van der Waals surface area contributed by atoms with Crippen LogP contribution >= 0.6 is 23.2 Å². The van der Waals surface area contributed by atoms with Crippen molar-refractivity contribution >= 4 is 35.0 Å². The number of hydrogen-bond acceptors (Lipinski definition) is 3. The van der Waals surface area contributed by atoms with Gasteiger partial charge in [0.05, 0.1) is 22.3 Å². The maximum absolute atomic E-state index is 13.7. The molecule has 0 heterocycles. The van der Waals surface area contributed by atoms with E-state index in [4.69, 9.17) is 27.9 Å². The number of carbonyl (C=O) groups is 1. The number of hydrogen-bond donors (Lipinski definition) is 2. The molecule has 0 aliphatic carbocycles. The number of para-hydroxylation sites is 1. The largest absolute Gasteiger partial charge is 0.449 e. The first-order chi connectivity index (χ1) is 11.9. The zero-order chi connectivity index (χ0) is 18.4. The van der Waals surface area contributed by atoms with Crippen molar-refractivity contribution in [3.8, 4) is 0 Å². The van der Waals surface area contributed by atoms with Gasteiger partial charge in [0.15, 0.2) is 0 Å². The SMILES string of the molecule is O=C(Nc1c(Cl)cccc1Cl)OCC(CO)Cc1ccc(F)cc1F. The molecular formula is C17H15Cl2F2NO3. The highest BCUT2D eigenvalue weighted by molar-refractivity contribution is 6.39. The molecule has 25 heavy (non-hydrogen) atoms. The Balaban J connectivity index is 1.92. The van der Waals surface area contributed by atoms with Crippen molar-refractivity contribution in [2.45, 2.75) is 6.42 Å². The molecule has 2 aromatic carbocycles. The van der Waals surface area contributed by atoms with Crippen molar-refractivity contribution in [3.63, 3.8) is 0 Å². The van der Waals surface area contributed by atoms with Gasteiger partial charge in [-0.25, -0.2) is 13.6 Å². The first-order valence-corrected chi connectivity index (χ1v) is 8.09. The Morgan fingerprint density at radius 2 is 1.88 bits per heavy atom. The van der Waals surface area contributed by atoms with E-state index in [-0.39, 0.29) is 40.9 Å². The monoisotopic (exact) mass is 389 g/mol. The summed E-state index contributed by atoms with van der Waals surface area (Å²) in [6.45, 7) is -0.502. The van der Waals surface area contributed by atoms with E-state index in [1.165, 1.54) is 6.07 Å². The Bertz CT molecular complexity index is 738. The molecule has 0 aliphatic rings. The number of ether oxygens (including phenoxy) is 1. The Kier molecular flexibility index (Phi) is 6.99. The topological polar surface area (TPSA) is 58.6 Å². The molecule has 2 rings (SSSR count). The third-order valence-electron chi connectivity index (χ3n) is 3.42. The summed E-state index contributed by atoms with van der Waals surface area (Å²) in [6.07, 6.45) is -0.726. The molecule has 0 spiro atoms. The molecule has 2 N–H and O–H groups in total. The summed E-state index contributed by atoms with van der Waals surface area (Å²) in [5.41, 5.74) is 0.430. The minimum absolute atomic E-state index is 0.0861. The van der Waals surface area contributed by atoms with Crippen LogP contribution in [0.25, 0.3) is 0 Å². The van der Waals surface area contributed by atoms with E-state index in [0.717, 1.165) is 12.1 Å². The highest BCUT2D eigenvalue weighted by Gasteiger charge is 2.16. The third kappa shape index (κ3) is 5.56. The fourth-order valence-corrected chi connectivity index (χ4v) is 2.62. The fourth-order valence-electron chi connectivity index (χ4n) is 2.12. The van der Waals surface area contributed by atoms with Gasteiger partial charge in [-0.2, -0.15) is 0 Å². The molecule has 0 saturated heterocycles. The summed E-state index contributed by atoms with van der Waals surface area (Å²) in [5, 5.41) is 12.3. The number of nitrogens with one attached hydrogen (secondary N) is 1. The average molecular weight is 390 g/mol. The summed E-state index contributed by atoms with van der Waals surface area (Å²) in [7, 11) is 0. The van der Waals surface area contributed by atoms with E-state index in [2.05, 4.69) is 5.32 Å². The van der Waals surface area contributed by atoms with Gasteiger partial charge in [-0.05, 0) is 30.2 Å². The first kappa shape index (κ1) is 19.4. The van der Waals surface area contributed by atoms with Crippen LogP contribution < -0.4 is 5.32 Å². The normalized spacial score (nSPS) is 11.9. The van der Waals surface area contributed by atoms with E-state index < -0.39 is 23.6 Å². The molecule has 0 aromatic heterocycles. The van der Waals surface area contributed by atoms with Crippen molar-refractivity contribution in [1.29, 1.82) is 0 Å². The number of amides is 1. The maximum atomic E-state index is 13.7. The zero-order valence-corrected chi connectivity index (χ0v) is 14.5. The maximum Gasteiger partial charge on any atom is 0.411 e. The Hall–Kier alpha value is -1.89. The smallest absolute Gasteiger partial charge is 0.411 e. The van der Waals surface area contributed by atoms with Crippen molar-refractivity contribution in [1.82, 2.24) is 0 Å². The summed E-state index contributed by atoms with van der Waals surface area (Å²) < 4.78 is 31.6. The lowest BCUT2D eigenvalue weighted by atomic mass is 10.0. The molecule has 0 aliphatic heterocycles. The minimum atomic E-state index is -0.812. The number of aliphatic hydroxyl groups excluding tert-OH is 1. The van der Waals surface area contributed by atoms with Crippen LogP contribution in [0.1, 0.15) is 5.56 Å². The number of anilines is 1. The van der Waals surface area contributed by atoms with Gasteiger partial charge < -0.3 is 9.84 Å². The molecule has 0 fully saturated rings. The zero-order valence-electron chi connectivity index (χ0n) is 12.9. The second-order valence-electron chi connectivity index (χ2n) is 5.31. The van der Waals surface area contributed by atoms with Gasteiger partial charge in [-0.1, -0.05) is 35.3 Å². The molecule has 134 valence electrons. The highest BCUT2D eigenvalue weighted by atomic mass is 35.5.